The Bertz CT molecular complexity index is 329. The topological polar surface area (TPSA) is 18.5 Å². The van der Waals surface area contributed by atoms with Crippen LogP contribution in [0.25, 0.3) is 0 Å². The van der Waals surface area contributed by atoms with Gasteiger partial charge in [-0.15, -0.1) is 11.6 Å². The van der Waals surface area contributed by atoms with Gasteiger partial charge in [0.2, 0.25) is 0 Å². The van der Waals surface area contributed by atoms with Gasteiger partial charge in [-0.2, -0.15) is 0 Å². The molecule has 4 heteroatoms. The highest BCUT2D eigenvalue weighted by Gasteiger charge is 2.03. The highest BCUT2D eigenvalue weighted by atomic mass is 79.9. The van der Waals surface area contributed by atoms with Crippen molar-refractivity contribution in [2.24, 2.45) is 0 Å². The molecule has 0 spiro atoms. The zero-order valence-corrected chi connectivity index (χ0v) is 11.8. The standard InChI is InChI=1S/C12H16BrClO2/c1-9(2)15-5-6-16-12-4-3-11(13)7-10(12)8-14/h3-4,7,9H,5-6,8H2,1-2H3. The van der Waals surface area contributed by atoms with E-state index in [0.29, 0.717) is 19.1 Å². The Hall–Kier alpha value is -0.250. The van der Waals surface area contributed by atoms with E-state index >= 15 is 0 Å². The molecule has 0 fully saturated rings. The summed E-state index contributed by atoms with van der Waals surface area (Å²) in [5.74, 6) is 1.27. The molecule has 0 aliphatic carbocycles. The highest BCUT2D eigenvalue weighted by molar-refractivity contribution is 9.10. The first-order valence-electron chi connectivity index (χ1n) is 5.22. The lowest BCUT2D eigenvalue weighted by molar-refractivity contribution is 0.0551. The van der Waals surface area contributed by atoms with Gasteiger partial charge in [-0.1, -0.05) is 15.9 Å². The summed E-state index contributed by atoms with van der Waals surface area (Å²) in [4.78, 5) is 0. The molecule has 90 valence electrons. The number of ether oxygens (including phenoxy) is 2. The third-order valence-electron chi connectivity index (χ3n) is 1.96. The summed E-state index contributed by atoms with van der Waals surface area (Å²) < 4.78 is 12.0. The van der Waals surface area contributed by atoms with Crippen LogP contribution in [-0.2, 0) is 10.6 Å². The number of rotatable bonds is 6. The van der Waals surface area contributed by atoms with E-state index in [1.807, 2.05) is 32.0 Å². The summed E-state index contributed by atoms with van der Waals surface area (Å²) in [6.07, 6.45) is 0.237. The van der Waals surface area contributed by atoms with E-state index in [1.54, 1.807) is 0 Å². The van der Waals surface area contributed by atoms with E-state index in [0.717, 1.165) is 15.8 Å². The molecule has 0 aliphatic heterocycles. The molecule has 0 amide bonds. The Morgan fingerprint density at radius 2 is 2.06 bits per heavy atom. The van der Waals surface area contributed by atoms with Gasteiger partial charge in [0.1, 0.15) is 12.4 Å². The Morgan fingerprint density at radius 3 is 2.69 bits per heavy atom. The molecular weight excluding hydrogens is 291 g/mol. The number of hydrogen-bond acceptors (Lipinski definition) is 2. The van der Waals surface area contributed by atoms with Gasteiger partial charge in [0.15, 0.2) is 0 Å². The van der Waals surface area contributed by atoms with Crippen molar-refractivity contribution in [3.8, 4) is 5.75 Å². The molecule has 1 aromatic rings. The maximum atomic E-state index is 5.84. The normalized spacial score (nSPS) is 10.8. The minimum Gasteiger partial charge on any atom is -0.491 e. The second-order valence-electron chi connectivity index (χ2n) is 3.65. The fourth-order valence-corrected chi connectivity index (χ4v) is 1.85. The van der Waals surface area contributed by atoms with Crippen molar-refractivity contribution in [1.29, 1.82) is 0 Å². The van der Waals surface area contributed by atoms with Crippen molar-refractivity contribution >= 4 is 27.5 Å². The predicted molar refractivity (Wildman–Crippen MR) is 70.3 cm³/mol. The van der Waals surface area contributed by atoms with Gasteiger partial charge in [-0.3, -0.25) is 0 Å². The smallest absolute Gasteiger partial charge is 0.123 e. The van der Waals surface area contributed by atoms with E-state index in [9.17, 15) is 0 Å². The fourth-order valence-electron chi connectivity index (χ4n) is 1.23. The van der Waals surface area contributed by atoms with Crippen molar-refractivity contribution < 1.29 is 9.47 Å². The van der Waals surface area contributed by atoms with Crippen LogP contribution >= 0.6 is 27.5 Å². The van der Waals surface area contributed by atoms with Crippen LogP contribution in [0.1, 0.15) is 19.4 Å². The van der Waals surface area contributed by atoms with Crippen molar-refractivity contribution in [3.05, 3.63) is 28.2 Å². The second-order valence-corrected chi connectivity index (χ2v) is 4.84. The predicted octanol–water partition coefficient (Wildman–Crippen LogP) is 3.99. The third kappa shape index (κ3) is 4.73. The minimum absolute atomic E-state index is 0.237. The SMILES string of the molecule is CC(C)OCCOc1ccc(Br)cc1CCl. The fraction of sp³-hybridized carbons (Fsp3) is 0.500. The zero-order chi connectivity index (χ0) is 12.0. The zero-order valence-electron chi connectivity index (χ0n) is 9.50. The maximum absolute atomic E-state index is 5.84. The van der Waals surface area contributed by atoms with Crippen molar-refractivity contribution in [3.63, 3.8) is 0 Å². The van der Waals surface area contributed by atoms with Crippen LogP contribution in [0.15, 0.2) is 22.7 Å². The molecule has 1 rings (SSSR count). The molecular formula is C12H16BrClO2. The minimum atomic E-state index is 0.237. The molecule has 0 aliphatic rings. The van der Waals surface area contributed by atoms with Crippen LogP contribution in [0.5, 0.6) is 5.75 Å². The summed E-state index contributed by atoms with van der Waals surface area (Å²) in [6.45, 7) is 5.15. The molecule has 0 aromatic heterocycles. The Kier molecular flexibility index (Phi) is 6.17. The molecule has 0 radical (unpaired) electrons. The first kappa shape index (κ1) is 13.8. The quantitative estimate of drug-likeness (QED) is 0.584. The number of hydrogen-bond donors (Lipinski definition) is 0. The number of benzene rings is 1. The van der Waals surface area contributed by atoms with Gasteiger partial charge >= 0.3 is 0 Å². The van der Waals surface area contributed by atoms with Crippen LogP contribution in [0.3, 0.4) is 0 Å². The Morgan fingerprint density at radius 1 is 1.31 bits per heavy atom. The average molecular weight is 308 g/mol. The first-order valence-corrected chi connectivity index (χ1v) is 6.55. The van der Waals surface area contributed by atoms with E-state index in [2.05, 4.69) is 15.9 Å². The van der Waals surface area contributed by atoms with Crippen LogP contribution < -0.4 is 4.74 Å². The van der Waals surface area contributed by atoms with Crippen molar-refractivity contribution in [2.75, 3.05) is 13.2 Å². The molecule has 0 saturated carbocycles. The van der Waals surface area contributed by atoms with Gasteiger partial charge < -0.3 is 9.47 Å². The average Bonchev–Trinajstić information content (AvgIpc) is 2.25. The first-order chi connectivity index (χ1) is 7.63. The highest BCUT2D eigenvalue weighted by Crippen LogP contribution is 2.24. The van der Waals surface area contributed by atoms with Gasteiger partial charge in [0.05, 0.1) is 18.6 Å². The molecule has 0 N–H and O–H groups in total. The molecule has 0 saturated heterocycles. The van der Waals surface area contributed by atoms with Crippen LogP contribution in [0.2, 0.25) is 0 Å². The third-order valence-corrected chi connectivity index (χ3v) is 2.74. The largest absolute Gasteiger partial charge is 0.491 e. The molecule has 2 nitrogen and oxygen atoms in total. The summed E-state index contributed by atoms with van der Waals surface area (Å²) in [5.41, 5.74) is 0.987. The van der Waals surface area contributed by atoms with Crippen molar-refractivity contribution in [1.82, 2.24) is 0 Å². The van der Waals surface area contributed by atoms with E-state index in [-0.39, 0.29) is 6.10 Å². The van der Waals surface area contributed by atoms with Gasteiger partial charge in [-0.05, 0) is 32.0 Å². The van der Waals surface area contributed by atoms with Crippen LogP contribution in [0.4, 0.5) is 0 Å². The molecule has 1 aromatic carbocycles. The molecule has 0 bridgehead atoms. The Labute approximate surface area is 110 Å². The summed E-state index contributed by atoms with van der Waals surface area (Å²) in [6, 6.07) is 5.82. The molecule has 0 heterocycles. The van der Waals surface area contributed by atoms with Crippen LogP contribution in [0, 0.1) is 0 Å². The summed E-state index contributed by atoms with van der Waals surface area (Å²) >= 11 is 9.23. The lowest BCUT2D eigenvalue weighted by Crippen LogP contribution is -2.11. The number of alkyl halides is 1. The van der Waals surface area contributed by atoms with Gasteiger partial charge in [-0.25, -0.2) is 0 Å². The summed E-state index contributed by atoms with van der Waals surface area (Å²) in [7, 11) is 0. The Balaban J connectivity index is 2.47. The second kappa shape index (κ2) is 7.15. The van der Waals surface area contributed by atoms with Gasteiger partial charge in [0, 0.05) is 10.0 Å². The van der Waals surface area contributed by atoms with E-state index in [1.165, 1.54) is 0 Å². The lowest BCUT2D eigenvalue weighted by Gasteiger charge is -2.11. The van der Waals surface area contributed by atoms with E-state index in [4.69, 9.17) is 21.1 Å². The van der Waals surface area contributed by atoms with Crippen LogP contribution in [-0.4, -0.2) is 19.3 Å². The maximum Gasteiger partial charge on any atom is 0.123 e. The number of halogens is 2. The lowest BCUT2D eigenvalue weighted by atomic mass is 10.2. The summed E-state index contributed by atoms with van der Waals surface area (Å²) in [5, 5.41) is 0. The monoisotopic (exact) mass is 306 g/mol. The molecule has 0 unspecified atom stereocenters. The molecule has 16 heavy (non-hydrogen) atoms. The van der Waals surface area contributed by atoms with Crippen molar-refractivity contribution in [2.45, 2.75) is 25.8 Å². The van der Waals surface area contributed by atoms with Gasteiger partial charge in [0.25, 0.3) is 0 Å². The molecule has 0 atom stereocenters. The van der Waals surface area contributed by atoms with E-state index < -0.39 is 0 Å².